The maximum Gasteiger partial charge on any atom is 0.240 e. The number of aromatic nitrogens is 1. The van der Waals surface area contributed by atoms with Crippen molar-refractivity contribution in [1.29, 1.82) is 0 Å². The summed E-state index contributed by atoms with van der Waals surface area (Å²) in [4.78, 5) is 31.9. The molecule has 0 unspecified atom stereocenters. The number of amides is 2. The largest absolute Gasteiger partial charge is 0.352 e. The van der Waals surface area contributed by atoms with Gasteiger partial charge in [-0.05, 0) is 80.5 Å². The molecule has 1 aliphatic carbocycles. The van der Waals surface area contributed by atoms with Crippen LogP contribution in [0.25, 0.3) is 11.1 Å². The molecule has 1 saturated heterocycles. The van der Waals surface area contributed by atoms with Gasteiger partial charge in [0.1, 0.15) is 6.54 Å². The molecule has 2 heterocycles. The zero-order chi connectivity index (χ0) is 27.6. The van der Waals surface area contributed by atoms with E-state index < -0.39 is 10.0 Å². The van der Waals surface area contributed by atoms with Crippen molar-refractivity contribution in [3.05, 3.63) is 83.7 Å². The molecule has 1 aliphatic heterocycles. The average Bonchev–Trinajstić information content (AvgIpc) is 2.93. The van der Waals surface area contributed by atoms with Crippen LogP contribution in [0.1, 0.15) is 48.7 Å². The molecule has 1 atom stereocenters. The number of carbonyl (C=O) groups excluding carboxylic acids is 2. The normalized spacial score (nSPS) is 21.8. The number of hydrogen-bond acceptors (Lipinski definition) is 5. The number of pyridine rings is 1. The van der Waals surface area contributed by atoms with Gasteiger partial charge in [0.15, 0.2) is 0 Å². The van der Waals surface area contributed by atoms with Gasteiger partial charge in [-0.25, -0.2) is 13.1 Å². The molecule has 3 aromatic rings. The van der Waals surface area contributed by atoms with Gasteiger partial charge in [-0.15, -0.1) is 0 Å². The summed E-state index contributed by atoms with van der Waals surface area (Å²) < 4.78 is 29.1. The minimum atomic E-state index is -3.70. The lowest BCUT2D eigenvalue weighted by Gasteiger charge is -2.39. The SMILES string of the molecule is Cc1cc(-c2ccc(S(=O)(=O)NC3CCC(C(=O)N4CC(=O)NC[C@@H]4c4ccccc4)CC3)cc2)cc(C)n1. The highest BCUT2D eigenvalue weighted by Gasteiger charge is 2.37. The topological polar surface area (TPSA) is 108 Å². The molecular weight excluding hydrogens is 512 g/mol. The standard InChI is InChI=1S/C30H34N4O4S/c1-20-16-25(17-21(2)32-20)22-10-14-27(15-11-22)39(37,38)33-26-12-8-24(9-13-26)30(36)34-19-29(35)31-18-28(34)23-6-4-3-5-7-23/h3-7,10-11,14-17,24,26,28,33H,8-9,12-13,18-19H2,1-2H3,(H,31,35)/t24?,26?,28-/m1/s1. The molecule has 2 amide bonds. The molecule has 0 radical (unpaired) electrons. The quantitative estimate of drug-likeness (QED) is 0.488. The molecule has 9 heteroatoms. The fourth-order valence-corrected chi connectivity index (χ4v) is 6.96. The lowest BCUT2D eigenvalue weighted by molar-refractivity contribution is -0.145. The maximum absolute atomic E-state index is 13.5. The van der Waals surface area contributed by atoms with Gasteiger partial charge >= 0.3 is 0 Å². The Balaban J connectivity index is 1.21. The van der Waals surface area contributed by atoms with Crippen molar-refractivity contribution in [2.24, 2.45) is 5.92 Å². The fourth-order valence-electron chi connectivity index (χ4n) is 5.65. The highest BCUT2D eigenvalue weighted by molar-refractivity contribution is 7.89. The van der Waals surface area contributed by atoms with Gasteiger partial charge < -0.3 is 10.2 Å². The zero-order valence-corrected chi connectivity index (χ0v) is 23.1. The summed E-state index contributed by atoms with van der Waals surface area (Å²) in [6.45, 7) is 4.31. The van der Waals surface area contributed by atoms with Crippen LogP contribution in [0.5, 0.6) is 0 Å². The van der Waals surface area contributed by atoms with E-state index >= 15 is 0 Å². The van der Waals surface area contributed by atoms with Crippen LogP contribution in [0.4, 0.5) is 0 Å². The van der Waals surface area contributed by atoms with Crippen LogP contribution in [0.15, 0.2) is 71.6 Å². The Morgan fingerprint density at radius 1 is 0.923 bits per heavy atom. The first-order valence-electron chi connectivity index (χ1n) is 13.4. The number of sulfonamides is 1. The first kappa shape index (κ1) is 27.0. The third-order valence-electron chi connectivity index (χ3n) is 7.63. The van der Waals surface area contributed by atoms with Crippen molar-refractivity contribution in [3.63, 3.8) is 0 Å². The highest BCUT2D eigenvalue weighted by Crippen LogP contribution is 2.31. The van der Waals surface area contributed by atoms with E-state index in [1.807, 2.05) is 68.4 Å². The van der Waals surface area contributed by atoms with Crippen LogP contribution in [-0.4, -0.2) is 49.2 Å². The number of benzene rings is 2. The lowest BCUT2D eigenvalue weighted by atomic mass is 9.85. The van der Waals surface area contributed by atoms with Gasteiger partial charge in [0.2, 0.25) is 21.8 Å². The Hall–Kier alpha value is -3.56. The monoisotopic (exact) mass is 546 g/mol. The third-order valence-corrected chi connectivity index (χ3v) is 9.16. The average molecular weight is 547 g/mol. The van der Waals surface area contributed by atoms with Gasteiger partial charge in [-0.2, -0.15) is 0 Å². The second kappa shape index (κ2) is 11.3. The molecule has 2 N–H and O–H groups in total. The molecule has 0 bridgehead atoms. The Morgan fingerprint density at radius 3 is 2.21 bits per heavy atom. The van der Waals surface area contributed by atoms with Crippen LogP contribution in [0.3, 0.4) is 0 Å². The summed E-state index contributed by atoms with van der Waals surface area (Å²) in [6.07, 6.45) is 2.29. The van der Waals surface area contributed by atoms with Crippen molar-refractivity contribution in [3.8, 4) is 11.1 Å². The van der Waals surface area contributed by atoms with Crippen molar-refractivity contribution in [2.45, 2.75) is 56.5 Å². The van der Waals surface area contributed by atoms with E-state index in [1.54, 1.807) is 17.0 Å². The van der Waals surface area contributed by atoms with E-state index in [4.69, 9.17) is 0 Å². The number of hydrogen-bond donors (Lipinski definition) is 2. The first-order chi connectivity index (χ1) is 18.7. The molecule has 5 rings (SSSR count). The molecule has 204 valence electrons. The van der Waals surface area contributed by atoms with E-state index in [0.29, 0.717) is 32.2 Å². The van der Waals surface area contributed by atoms with Gasteiger partial charge in [-0.1, -0.05) is 42.5 Å². The number of carbonyl (C=O) groups is 2. The highest BCUT2D eigenvalue weighted by atomic mass is 32.2. The minimum absolute atomic E-state index is 0.0304. The number of nitrogens with one attached hydrogen (secondary N) is 2. The molecular formula is C30H34N4O4S. The molecule has 2 aliphatic rings. The van der Waals surface area contributed by atoms with E-state index in [2.05, 4.69) is 15.0 Å². The minimum Gasteiger partial charge on any atom is -0.352 e. The Labute approximate surface area is 229 Å². The summed E-state index contributed by atoms with van der Waals surface area (Å²) >= 11 is 0. The predicted octanol–water partition coefficient (Wildman–Crippen LogP) is 3.90. The third kappa shape index (κ3) is 6.20. The fraction of sp³-hybridized carbons (Fsp3) is 0.367. The summed E-state index contributed by atoms with van der Waals surface area (Å²) in [5.41, 5.74) is 4.75. The number of piperazine rings is 1. The van der Waals surface area contributed by atoms with Crippen molar-refractivity contribution < 1.29 is 18.0 Å². The molecule has 2 fully saturated rings. The molecule has 2 aromatic carbocycles. The Morgan fingerprint density at radius 2 is 1.56 bits per heavy atom. The molecule has 0 spiro atoms. The number of aryl methyl sites for hydroxylation is 2. The smallest absolute Gasteiger partial charge is 0.240 e. The van der Waals surface area contributed by atoms with Crippen molar-refractivity contribution in [2.75, 3.05) is 13.1 Å². The summed E-state index contributed by atoms with van der Waals surface area (Å²) in [7, 11) is -3.70. The van der Waals surface area contributed by atoms with Gasteiger partial charge in [0.05, 0.1) is 10.9 Å². The summed E-state index contributed by atoms with van der Waals surface area (Å²) in [5.74, 6) is -0.413. The second-order valence-electron chi connectivity index (χ2n) is 10.5. The lowest BCUT2D eigenvalue weighted by Crippen LogP contribution is -2.54. The van der Waals surface area contributed by atoms with Gasteiger partial charge in [0, 0.05) is 29.9 Å². The van der Waals surface area contributed by atoms with Crippen LogP contribution in [0.2, 0.25) is 0 Å². The van der Waals surface area contributed by atoms with Crippen LogP contribution < -0.4 is 10.0 Å². The number of rotatable bonds is 6. The van der Waals surface area contributed by atoms with E-state index in [0.717, 1.165) is 28.1 Å². The molecule has 1 aromatic heterocycles. The number of nitrogens with zero attached hydrogens (tertiary/aromatic N) is 2. The molecule has 1 saturated carbocycles. The summed E-state index contributed by atoms with van der Waals surface area (Å²) in [5, 5.41) is 2.87. The van der Waals surface area contributed by atoms with E-state index in [-0.39, 0.29) is 41.3 Å². The summed E-state index contributed by atoms with van der Waals surface area (Å²) in [6, 6.07) is 20.1. The van der Waals surface area contributed by atoms with Crippen LogP contribution in [-0.2, 0) is 19.6 Å². The molecule has 8 nitrogen and oxygen atoms in total. The van der Waals surface area contributed by atoms with Crippen molar-refractivity contribution >= 4 is 21.8 Å². The van der Waals surface area contributed by atoms with E-state index in [9.17, 15) is 18.0 Å². The van der Waals surface area contributed by atoms with Gasteiger partial charge in [-0.3, -0.25) is 14.6 Å². The van der Waals surface area contributed by atoms with Crippen molar-refractivity contribution in [1.82, 2.24) is 19.9 Å². The zero-order valence-electron chi connectivity index (χ0n) is 22.3. The van der Waals surface area contributed by atoms with Crippen LogP contribution in [0, 0.1) is 19.8 Å². The van der Waals surface area contributed by atoms with Crippen LogP contribution >= 0.6 is 0 Å². The first-order valence-corrected chi connectivity index (χ1v) is 14.9. The maximum atomic E-state index is 13.5. The Kier molecular flexibility index (Phi) is 7.81. The second-order valence-corrected chi connectivity index (χ2v) is 12.2. The van der Waals surface area contributed by atoms with E-state index in [1.165, 1.54) is 0 Å². The Bertz CT molecular complexity index is 1430. The predicted molar refractivity (Wildman–Crippen MR) is 149 cm³/mol. The molecule has 39 heavy (non-hydrogen) atoms. The van der Waals surface area contributed by atoms with Gasteiger partial charge in [0.25, 0.3) is 0 Å².